The Kier molecular flexibility index (Phi) is 5.97. The number of methoxy groups -OCH3 is 2. The van der Waals surface area contributed by atoms with Gasteiger partial charge in [-0.1, -0.05) is 0 Å². The van der Waals surface area contributed by atoms with Gasteiger partial charge in [-0.2, -0.15) is 0 Å². The highest BCUT2D eigenvalue weighted by Gasteiger charge is 2.34. The number of hydrogen-bond donors (Lipinski definition) is 0. The van der Waals surface area contributed by atoms with Gasteiger partial charge >= 0.3 is 0 Å². The molecule has 0 N–H and O–H groups in total. The number of benzene rings is 1. The van der Waals surface area contributed by atoms with Crippen LogP contribution in [0.25, 0.3) is 0 Å². The zero-order chi connectivity index (χ0) is 16.1. The minimum absolute atomic E-state index is 0.000266. The van der Waals surface area contributed by atoms with Crippen molar-refractivity contribution in [3.8, 4) is 11.5 Å². The molecule has 0 aromatic heterocycles. The monoisotopic (exact) mass is 324 g/mol. The van der Waals surface area contributed by atoms with Crippen molar-refractivity contribution in [1.82, 2.24) is 9.80 Å². The first-order valence-electron chi connectivity index (χ1n) is 7.34. The molecule has 1 unspecified atom stereocenters. The minimum Gasteiger partial charge on any atom is -0.497 e. The number of amides is 1. The fraction of sp³-hybridized carbons (Fsp3) is 0.562. The van der Waals surface area contributed by atoms with Gasteiger partial charge in [0.05, 0.1) is 20.0 Å². The van der Waals surface area contributed by atoms with Crippen LogP contribution in [0.5, 0.6) is 11.5 Å². The Morgan fingerprint density at radius 3 is 2.73 bits per heavy atom. The van der Waals surface area contributed by atoms with E-state index in [-0.39, 0.29) is 11.3 Å². The van der Waals surface area contributed by atoms with E-state index in [2.05, 4.69) is 4.90 Å². The molecule has 1 saturated heterocycles. The Balaban J connectivity index is 2.20. The van der Waals surface area contributed by atoms with Crippen LogP contribution in [0.1, 0.15) is 17.4 Å². The summed E-state index contributed by atoms with van der Waals surface area (Å²) in [5, 5.41) is -0.000266. The third-order valence-electron chi connectivity index (χ3n) is 3.68. The van der Waals surface area contributed by atoms with Gasteiger partial charge < -0.3 is 19.3 Å². The molecule has 6 heteroatoms. The number of nitrogens with zero attached hydrogens (tertiary/aromatic N) is 2. The van der Waals surface area contributed by atoms with Gasteiger partial charge in [0, 0.05) is 12.1 Å². The SMILES string of the molecule is COc1ccc(OC)c(C2SCC(=O)N2CCCN(C)C)c1. The highest BCUT2D eigenvalue weighted by atomic mass is 32.2. The lowest BCUT2D eigenvalue weighted by molar-refractivity contribution is -0.128. The van der Waals surface area contributed by atoms with Crippen molar-refractivity contribution in [1.29, 1.82) is 0 Å². The first kappa shape index (κ1) is 17.0. The van der Waals surface area contributed by atoms with E-state index in [1.165, 1.54) is 0 Å². The predicted octanol–water partition coefficient (Wildman–Crippen LogP) is 2.23. The molecule has 1 atom stereocenters. The Morgan fingerprint density at radius 1 is 1.32 bits per heavy atom. The van der Waals surface area contributed by atoms with Gasteiger partial charge in [0.1, 0.15) is 16.9 Å². The summed E-state index contributed by atoms with van der Waals surface area (Å²) in [4.78, 5) is 16.3. The zero-order valence-electron chi connectivity index (χ0n) is 13.7. The van der Waals surface area contributed by atoms with Gasteiger partial charge in [-0.15, -0.1) is 11.8 Å². The molecule has 0 bridgehead atoms. The van der Waals surface area contributed by atoms with E-state index in [1.807, 2.05) is 37.2 Å². The summed E-state index contributed by atoms with van der Waals surface area (Å²) in [6.07, 6.45) is 0.960. The average molecular weight is 324 g/mol. The highest BCUT2D eigenvalue weighted by molar-refractivity contribution is 8.00. The maximum absolute atomic E-state index is 12.2. The predicted molar refractivity (Wildman–Crippen MR) is 89.6 cm³/mol. The maximum Gasteiger partial charge on any atom is 0.233 e. The number of carbonyl (C=O) groups is 1. The van der Waals surface area contributed by atoms with Crippen LogP contribution in [-0.4, -0.2) is 62.9 Å². The largest absolute Gasteiger partial charge is 0.497 e. The summed E-state index contributed by atoms with van der Waals surface area (Å²) in [5.74, 6) is 2.29. The van der Waals surface area contributed by atoms with Gasteiger partial charge in [-0.05, 0) is 45.3 Å². The molecule has 1 aliphatic rings. The van der Waals surface area contributed by atoms with Gasteiger partial charge in [0.25, 0.3) is 0 Å². The van der Waals surface area contributed by atoms with E-state index < -0.39 is 0 Å². The van der Waals surface area contributed by atoms with E-state index in [9.17, 15) is 4.79 Å². The second kappa shape index (κ2) is 7.74. The van der Waals surface area contributed by atoms with E-state index in [0.29, 0.717) is 5.75 Å². The lowest BCUT2D eigenvalue weighted by Crippen LogP contribution is -2.31. The maximum atomic E-state index is 12.2. The number of rotatable bonds is 7. The zero-order valence-corrected chi connectivity index (χ0v) is 14.5. The fourth-order valence-electron chi connectivity index (χ4n) is 2.54. The molecule has 22 heavy (non-hydrogen) atoms. The van der Waals surface area contributed by atoms with Crippen LogP contribution >= 0.6 is 11.8 Å². The lowest BCUT2D eigenvalue weighted by atomic mass is 10.1. The molecule has 1 aromatic carbocycles. The number of carbonyl (C=O) groups excluding carboxylic acids is 1. The standard InChI is InChI=1S/C16H24N2O3S/c1-17(2)8-5-9-18-15(19)11-22-16(18)13-10-12(20-3)6-7-14(13)21-4/h6-7,10,16H,5,8-9,11H2,1-4H3. The van der Waals surface area contributed by atoms with Crippen LogP contribution < -0.4 is 9.47 Å². The molecule has 2 rings (SSSR count). The van der Waals surface area contributed by atoms with Gasteiger partial charge in [0.2, 0.25) is 5.91 Å². The molecule has 0 saturated carbocycles. The second-order valence-corrected chi connectivity index (χ2v) is 6.58. The molecule has 1 aliphatic heterocycles. The third kappa shape index (κ3) is 3.87. The molecule has 1 aromatic rings. The van der Waals surface area contributed by atoms with Crippen molar-refractivity contribution in [2.45, 2.75) is 11.8 Å². The molecule has 0 radical (unpaired) electrons. The fourth-order valence-corrected chi connectivity index (χ4v) is 3.78. The Bertz CT molecular complexity index is 522. The quantitative estimate of drug-likeness (QED) is 0.769. The van der Waals surface area contributed by atoms with E-state index >= 15 is 0 Å². The minimum atomic E-state index is -0.000266. The van der Waals surface area contributed by atoms with Crippen molar-refractivity contribution < 1.29 is 14.3 Å². The lowest BCUT2D eigenvalue weighted by Gasteiger charge is -2.26. The van der Waals surface area contributed by atoms with Crippen LogP contribution in [0.15, 0.2) is 18.2 Å². The first-order valence-corrected chi connectivity index (χ1v) is 8.39. The number of hydrogen-bond acceptors (Lipinski definition) is 5. The molecule has 5 nitrogen and oxygen atoms in total. The molecular weight excluding hydrogens is 300 g/mol. The molecule has 0 aliphatic carbocycles. The van der Waals surface area contributed by atoms with Crippen LogP contribution in [0.2, 0.25) is 0 Å². The first-order chi connectivity index (χ1) is 10.6. The van der Waals surface area contributed by atoms with Crippen LogP contribution in [0.3, 0.4) is 0 Å². The van der Waals surface area contributed by atoms with Crippen molar-refractivity contribution in [2.24, 2.45) is 0 Å². The number of thioether (sulfide) groups is 1. The topological polar surface area (TPSA) is 42.0 Å². The Labute approximate surface area is 136 Å². The van der Waals surface area contributed by atoms with Crippen LogP contribution in [0.4, 0.5) is 0 Å². The molecular formula is C16H24N2O3S. The van der Waals surface area contributed by atoms with E-state index in [0.717, 1.165) is 36.6 Å². The Morgan fingerprint density at radius 2 is 2.09 bits per heavy atom. The summed E-state index contributed by atoms with van der Waals surface area (Å²) in [6.45, 7) is 1.73. The van der Waals surface area contributed by atoms with Crippen molar-refractivity contribution in [3.05, 3.63) is 23.8 Å². The summed E-state index contributed by atoms with van der Waals surface area (Å²) in [5.41, 5.74) is 1.00. The van der Waals surface area contributed by atoms with Crippen molar-refractivity contribution >= 4 is 17.7 Å². The van der Waals surface area contributed by atoms with Crippen molar-refractivity contribution in [3.63, 3.8) is 0 Å². The van der Waals surface area contributed by atoms with Gasteiger partial charge in [-0.25, -0.2) is 0 Å². The molecule has 1 amide bonds. The second-order valence-electron chi connectivity index (χ2n) is 5.52. The van der Waals surface area contributed by atoms with Gasteiger partial charge in [-0.3, -0.25) is 4.79 Å². The average Bonchev–Trinajstić information content (AvgIpc) is 2.87. The summed E-state index contributed by atoms with van der Waals surface area (Å²) >= 11 is 1.65. The number of ether oxygens (including phenoxy) is 2. The van der Waals surface area contributed by atoms with Crippen LogP contribution in [0, 0.1) is 0 Å². The molecule has 1 heterocycles. The molecule has 1 fully saturated rings. The third-order valence-corrected chi connectivity index (χ3v) is 4.91. The van der Waals surface area contributed by atoms with Crippen LogP contribution in [-0.2, 0) is 4.79 Å². The van der Waals surface area contributed by atoms with Gasteiger partial charge in [0.15, 0.2) is 0 Å². The molecule has 122 valence electrons. The van der Waals surface area contributed by atoms with E-state index in [4.69, 9.17) is 9.47 Å². The summed E-state index contributed by atoms with van der Waals surface area (Å²) < 4.78 is 10.8. The smallest absolute Gasteiger partial charge is 0.233 e. The summed E-state index contributed by atoms with van der Waals surface area (Å²) in [6, 6.07) is 5.74. The van der Waals surface area contributed by atoms with E-state index in [1.54, 1.807) is 26.0 Å². The van der Waals surface area contributed by atoms with Crippen molar-refractivity contribution in [2.75, 3.05) is 47.2 Å². The highest BCUT2D eigenvalue weighted by Crippen LogP contribution is 2.43. The Hall–Kier alpha value is -1.40. The summed E-state index contributed by atoms with van der Waals surface area (Å²) in [7, 11) is 7.39. The molecule has 0 spiro atoms. The normalized spacial score (nSPS) is 18.1.